The molecule has 3 rings (SSSR count). The van der Waals surface area contributed by atoms with Crippen molar-refractivity contribution in [2.75, 3.05) is 23.5 Å². The smallest absolute Gasteiger partial charge is 0.229 e. The van der Waals surface area contributed by atoms with Gasteiger partial charge in [-0.15, -0.1) is 11.6 Å². The molecular formula is C26H25Cl2FN2O4S. The summed E-state index contributed by atoms with van der Waals surface area (Å²) in [7, 11) is -3.61. The Morgan fingerprint density at radius 1 is 1.08 bits per heavy atom. The highest BCUT2D eigenvalue weighted by Gasteiger charge is 2.26. The summed E-state index contributed by atoms with van der Waals surface area (Å²) in [5.74, 6) is 0.407. The van der Waals surface area contributed by atoms with Crippen LogP contribution in [0.4, 0.5) is 10.1 Å². The monoisotopic (exact) mass is 550 g/mol. The van der Waals surface area contributed by atoms with Gasteiger partial charge in [0, 0.05) is 11.0 Å². The number of anilines is 1. The number of ether oxygens (including phenoxy) is 2. The molecule has 0 radical (unpaired) electrons. The number of nitrogens with zero attached hydrogens (tertiary/aromatic N) is 1. The van der Waals surface area contributed by atoms with Crippen LogP contribution < -0.4 is 14.2 Å². The first kappa shape index (κ1) is 27.6. The summed E-state index contributed by atoms with van der Waals surface area (Å²) in [6.45, 7) is 4.16. The molecule has 0 unspecified atom stereocenters. The highest BCUT2D eigenvalue weighted by molar-refractivity contribution is 7.92. The Kier molecular flexibility index (Phi) is 8.72. The van der Waals surface area contributed by atoms with E-state index in [1.54, 1.807) is 30.3 Å². The lowest BCUT2D eigenvalue weighted by Gasteiger charge is -2.27. The number of hydrogen-bond acceptors (Lipinski definition) is 5. The number of alkyl halides is 1. The third kappa shape index (κ3) is 6.61. The lowest BCUT2D eigenvalue weighted by atomic mass is 9.77. The van der Waals surface area contributed by atoms with Gasteiger partial charge < -0.3 is 9.47 Å². The normalized spacial score (nSPS) is 11.6. The van der Waals surface area contributed by atoms with Gasteiger partial charge in [0.1, 0.15) is 25.0 Å². The minimum atomic E-state index is -3.61. The second-order valence-corrected chi connectivity index (χ2v) is 11.1. The molecule has 0 bridgehead atoms. The molecule has 6 nitrogen and oxygen atoms in total. The minimum Gasteiger partial charge on any atom is -0.489 e. The standard InChI is InChI=1S/C26H25Cl2FN2O4S/c1-26(2,20-13-18(15-30)25(22(28)14-20)34-12-11-27)19-7-9-21(10-8-19)35-16-17-5-4-6-23(24(17)29)31-36(3,32)33/h4-10,13-14,31H,11-12,16H2,1-3H3. The summed E-state index contributed by atoms with van der Waals surface area (Å²) in [6.07, 6.45) is 0.956. The van der Waals surface area contributed by atoms with Gasteiger partial charge in [0.25, 0.3) is 0 Å². The van der Waals surface area contributed by atoms with Crippen LogP contribution in [0.25, 0.3) is 0 Å². The Morgan fingerprint density at radius 3 is 2.39 bits per heavy atom. The Hall–Kier alpha value is -2.99. The maximum Gasteiger partial charge on any atom is 0.229 e. The molecule has 190 valence electrons. The SMILES string of the molecule is CC(C)(c1ccc(OCc2cccc(NS(C)(=O)=O)c2F)cc1)c1cc(Cl)c(OCCCl)c(C#N)c1. The molecule has 36 heavy (non-hydrogen) atoms. The topological polar surface area (TPSA) is 88.4 Å². The van der Waals surface area contributed by atoms with Crippen molar-refractivity contribution in [3.63, 3.8) is 0 Å². The van der Waals surface area contributed by atoms with E-state index in [1.165, 1.54) is 12.1 Å². The Bertz CT molecular complexity index is 1390. The third-order valence-corrected chi connectivity index (χ3v) is 6.58. The fourth-order valence-corrected chi connectivity index (χ4v) is 4.50. The molecule has 0 spiro atoms. The van der Waals surface area contributed by atoms with E-state index in [4.69, 9.17) is 32.7 Å². The highest BCUT2D eigenvalue weighted by Crippen LogP contribution is 2.38. The van der Waals surface area contributed by atoms with Crippen LogP contribution in [0.1, 0.15) is 36.1 Å². The van der Waals surface area contributed by atoms with Crippen LogP contribution in [0.3, 0.4) is 0 Å². The van der Waals surface area contributed by atoms with Crippen LogP contribution in [0, 0.1) is 17.1 Å². The molecular weight excluding hydrogens is 526 g/mol. The molecule has 0 aliphatic rings. The van der Waals surface area contributed by atoms with Crippen LogP contribution in [0.5, 0.6) is 11.5 Å². The lowest BCUT2D eigenvalue weighted by Crippen LogP contribution is -2.19. The van der Waals surface area contributed by atoms with E-state index in [9.17, 15) is 18.1 Å². The minimum absolute atomic E-state index is 0.0846. The van der Waals surface area contributed by atoms with Gasteiger partial charge in [-0.05, 0) is 41.5 Å². The lowest BCUT2D eigenvalue weighted by molar-refractivity contribution is 0.300. The fraction of sp³-hybridized carbons (Fsp3) is 0.269. The van der Waals surface area contributed by atoms with Gasteiger partial charge in [0.2, 0.25) is 10.0 Å². The number of benzene rings is 3. The number of halogens is 3. The van der Waals surface area contributed by atoms with E-state index in [-0.39, 0.29) is 30.3 Å². The Balaban J connectivity index is 1.78. The van der Waals surface area contributed by atoms with Crippen molar-refractivity contribution in [2.24, 2.45) is 0 Å². The average Bonchev–Trinajstić information content (AvgIpc) is 2.82. The van der Waals surface area contributed by atoms with Crippen molar-refractivity contribution in [2.45, 2.75) is 25.9 Å². The molecule has 10 heteroatoms. The number of hydrogen-bond donors (Lipinski definition) is 1. The maximum atomic E-state index is 14.6. The van der Waals surface area contributed by atoms with Gasteiger partial charge in [-0.25, -0.2) is 12.8 Å². The molecule has 0 aromatic heterocycles. The molecule has 3 aromatic carbocycles. The van der Waals surface area contributed by atoms with E-state index in [0.29, 0.717) is 22.1 Å². The Morgan fingerprint density at radius 2 is 1.78 bits per heavy atom. The van der Waals surface area contributed by atoms with E-state index in [1.807, 2.05) is 26.0 Å². The van der Waals surface area contributed by atoms with E-state index >= 15 is 0 Å². The zero-order valence-corrected chi connectivity index (χ0v) is 22.3. The van der Waals surface area contributed by atoms with Crippen LogP contribution in [0.15, 0.2) is 54.6 Å². The van der Waals surface area contributed by atoms with Crippen LogP contribution in [-0.2, 0) is 22.0 Å². The van der Waals surface area contributed by atoms with E-state index in [0.717, 1.165) is 17.4 Å². The quantitative estimate of drug-likeness (QED) is 0.301. The molecule has 0 aliphatic heterocycles. The summed E-state index contributed by atoms with van der Waals surface area (Å²) in [5, 5.41) is 9.92. The van der Waals surface area contributed by atoms with Gasteiger partial charge in [0.15, 0.2) is 11.6 Å². The summed E-state index contributed by atoms with van der Waals surface area (Å²) >= 11 is 12.1. The van der Waals surface area contributed by atoms with Gasteiger partial charge in [-0.2, -0.15) is 5.26 Å². The first-order valence-corrected chi connectivity index (χ1v) is 13.7. The molecule has 1 N–H and O–H groups in total. The second kappa shape index (κ2) is 11.4. The summed E-state index contributed by atoms with van der Waals surface area (Å²) in [4.78, 5) is 0. The molecule has 0 heterocycles. The van der Waals surface area contributed by atoms with Gasteiger partial charge >= 0.3 is 0 Å². The largest absolute Gasteiger partial charge is 0.489 e. The summed E-state index contributed by atoms with van der Waals surface area (Å²) in [6, 6.07) is 17.4. The van der Waals surface area contributed by atoms with Crippen LogP contribution in [0.2, 0.25) is 5.02 Å². The molecule has 0 saturated carbocycles. The van der Waals surface area contributed by atoms with Gasteiger partial charge in [-0.3, -0.25) is 4.72 Å². The molecule has 0 fully saturated rings. The first-order valence-electron chi connectivity index (χ1n) is 10.9. The van der Waals surface area contributed by atoms with E-state index in [2.05, 4.69) is 10.8 Å². The van der Waals surface area contributed by atoms with Crippen LogP contribution in [-0.4, -0.2) is 27.2 Å². The Labute approximate surface area is 220 Å². The van der Waals surface area contributed by atoms with Crippen molar-refractivity contribution < 1.29 is 22.3 Å². The predicted molar refractivity (Wildman–Crippen MR) is 140 cm³/mol. The van der Waals surface area contributed by atoms with Gasteiger partial charge in [0.05, 0.1) is 28.4 Å². The van der Waals surface area contributed by atoms with Crippen molar-refractivity contribution in [3.8, 4) is 17.6 Å². The van der Waals surface area contributed by atoms with Crippen molar-refractivity contribution in [3.05, 3.63) is 87.7 Å². The number of nitriles is 1. The molecule has 0 amide bonds. The molecule has 3 aromatic rings. The van der Waals surface area contributed by atoms with Crippen molar-refractivity contribution >= 4 is 38.9 Å². The summed E-state index contributed by atoms with van der Waals surface area (Å²) < 4.78 is 50.9. The summed E-state index contributed by atoms with van der Waals surface area (Å²) in [5.41, 5.74) is 1.66. The number of sulfonamides is 1. The second-order valence-electron chi connectivity index (χ2n) is 8.57. The maximum absolute atomic E-state index is 14.6. The van der Waals surface area contributed by atoms with Crippen LogP contribution >= 0.6 is 23.2 Å². The first-order chi connectivity index (χ1) is 17.0. The van der Waals surface area contributed by atoms with Crippen molar-refractivity contribution in [1.82, 2.24) is 0 Å². The van der Waals surface area contributed by atoms with E-state index < -0.39 is 21.3 Å². The number of rotatable bonds is 10. The zero-order chi connectivity index (χ0) is 26.5. The third-order valence-electron chi connectivity index (χ3n) is 5.55. The molecule has 0 aliphatic carbocycles. The van der Waals surface area contributed by atoms with Gasteiger partial charge in [-0.1, -0.05) is 49.7 Å². The van der Waals surface area contributed by atoms with Crippen molar-refractivity contribution in [1.29, 1.82) is 5.26 Å². The average molecular weight is 551 g/mol. The molecule has 0 atom stereocenters. The molecule has 0 saturated heterocycles. The fourth-order valence-electron chi connectivity index (χ4n) is 3.59. The highest BCUT2D eigenvalue weighted by atomic mass is 35.5. The predicted octanol–water partition coefficient (Wildman–Crippen LogP) is 6.24. The number of nitrogens with one attached hydrogen (secondary N) is 1. The zero-order valence-electron chi connectivity index (χ0n) is 19.9.